The normalized spacial score (nSPS) is 10.9. The molecule has 0 unspecified atom stereocenters. The standard InChI is InChI=1S/C10H9N3S/c1-2-6-11-10(5-1)13-12-8-9-4-3-7-14-9/h1-7H,8H2. The first kappa shape index (κ1) is 9.02. The van der Waals surface area contributed by atoms with Crippen LogP contribution in [0.5, 0.6) is 0 Å². The van der Waals surface area contributed by atoms with Crippen LogP contribution in [0.2, 0.25) is 0 Å². The highest BCUT2D eigenvalue weighted by Gasteiger charge is 1.90. The highest BCUT2D eigenvalue weighted by molar-refractivity contribution is 7.09. The maximum Gasteiger partial charge on any atom is 0.173 e. The van der Waals surface area contributed by atoms with Crippen molar-refractivity contribution >= 4 is 17.2 Å². The molecule has 0 fully saturated rings. The molecule has 0 atom stereocenters. The van der Waals surface area contributed by atoms with Crippen LogP contribution >= 0.6 is 11.3 Å². The lowest BCUT2D eigenvalue weighted by molar-refractivity contribution is 0.964. The van der Waals surface area contributed by atoms with Crippen molar-refractivity contribution in [2.24, 2.45) is 10.2 Å². The van der Waals surface area contributed by atoms with Gasteiger partial charge in [0.05, 0.1) is 6.54 Å². The number of thiophene rings is 1. The van der Waals surface area contributed by atoms with Crippen molar-refractivity contribution in [3.63, 3.8) is 0 Å². The Kier molecular flexibility index (Phi) is 2.98. The van der Waals surface area contributed by atoms with E-state index in [1.807, 2.05) is 35.7 Å². The van der Waals surface area contributed by atoms with E-state index in [-0.39, 0.29) is 0 Å². The number of nitrogens with zero attached hydrogens (tertiary/aromatic N) is 3. The highest BCUT2D eigenvalue weighted by Crippen LogP contribution is 2.12. The summed E-state index contributed by atoms with van der Waals surface area (Å²) in [4.78, 5) is 5.25. The van der Waals surface area contributed by atoms with Gasteiger partial charge in [0.1, 0.15) is 0 Å². The van der Waals surface area contributed by atoms with Gasteiger partial charge in [0.25, 0.3) is 0 Å². The maximum atomic E-state index is 4.06. The number of azo groups is 1. The molecular formula is C10H9N3S. The second-order valence-electron chi connectivity index (χ2n) is 2.67. The van der Waals surface area contributed by atoms with Gasteiger partial charge in [-0.05, 0) is 23.6 Å². The lowest BCUT2D eigenvalue weighted by atomic mass is 10.5. The molecule has 0 saturated carbocycles. The summed E-state index contributed by atoms with van der Waals surface area (Å²) in [7, 11) is 0. The fourth-order valence-corrected chi connectivity index (χ4v) is 1.61. The van der Waals surface area contributed by atoms with E-state index in [0.29, 0.717) is 12.4 Å². The van der Waals surface area contributed by atoms with Crippen molar-refractivity contribution in [2.75, 3.05) is 0 Å². The summed E-state index contributed by atoms with van der Waals surface area (Å²) in [6.07, 6.45) is 1.71. The van der Waals surface area contributed by atoms with Crippen molar-refractivity contribution in [1.29, 1.82) is 0 Å². The Bertz CT molecular complexity index is 395. The maximum absolute atomic E-state index is 4.06. The zero-order valence-electron chi connectivity index (χ0n) is 7.50. The molecule has 0 aliphatic carbocycles. The van der Waals surface area contributed by atoms with E-state index in [1.54, 1.807) is 17.5 Å². The first-order valence-electron chi connectivity index (χ1n) is 4.26. The Hall–Kier alpha value is -1.55. The highest BCUT2D eigenvalue weighted by atomic mass is 32.1. The van der Waals surface area contributed by atoms with Crippen molar-refractivity contribution < 1.29 is 0 Å². The summed E-state index contributed by atoms with van der Waals surface area (Å²) in [5.74, 6) is 0.657. The van der Waals surface area contributed by atoms with Crippen LogP contribution in [0.4, 0.5) is 5.82 Å². The van der Waals surface area contributed by atoms with E-state index in [9.17, 15) is 0 Å². The second kappa shape index (κ2) is 4.62. The SMILES string of the molecule is c1ccc(N=NCc2cccs2)nc1. The Morgan fingerprint density at radius 3 is 2.93 bits per heavy atom. The number of hydrogen-bond acceptors (Lipinski definition) is 4. The third kappa shape index (κ3) is 2.47. The molecule has 0 aliphatic heterocycles. The number of hydrogen-bond donors (Lipinski definition) is 0. The fourth-order valence-electron chi connectivity index (χ4n) is 0.993. The van der Waals surface area contributed by atoms with Crippen molar-refractivity contribution in [1.82, 2.24) is 4.98 Å². The predicted octanol–water partition coefficient (Wildman–Crippen LogP) is 3.43. The van der Waals surface area contributed by atoms with Crippen molar-refractivity contribution in [3.05, 3.63) is 46.8 Å². The molecule has 2 rings (SSSR count). The molecule has 0 N–H and O–H groups in total. The molecule has 4 heteroatoms. The molecule has 0 bridgehead atoms. The third-order valence-electron chi connectivity index (χ3n) is 1.63. The Labute approximate surface area is 86.2 Å². The average molecular weight is 203 g/mol. The van der Waals surface area contributed by atoms with Crippen LogP contribution in [0.3, 0.4) is 0 Å². The third-order valence-corrected chi connectivity index (χ3v) is 2.49. The molecule has 0 radical (unpaired) electrons. The molecule has 14 heavy (non-hydrogen) atoms. The van der Waals surface area contributed by atoms with E-state index in [2.05, 4.69) is 15.2 Å². The monoisotopic (exact) mass is 203 g/mol. The molecule has 2 aromatic rings. The van der Waals surface area contributed by atoms with E-state index in [0.717, 1.165) is 0 Å². The zero-order chi connectivity index (χ0) is 9.64. The summed E-state index contributed by atoms with van der Waals surface area (Å²) < 4.78 is 0. The van der Waals surface area contributed by atoms with Gasteiger partial charge >= 0.3 is 0 Å². The van der Waals surface area contributed by atoms with Gasteiger partial charge in [-0.15, -0.1) is 16.5 Å². The Balaban J connectivity index is 1.96. The summed E-state index contributed by atoms with van der Waals surface area (Å²) >= 11 is 1.68. The van der Waals surface area contributed by atoms with Gasteiger partial charge in [0.15, 0.2) is 5.82 Å². The summed E-state index contributed by atoms with van der Waals surface area (Å²) in [5.41, 5.74) is 0. The van der Waals surface area contributed by atoms with Crippen LogP contribution in [-0.2, 0) is 6.54 Å². The quantitative estimate of drug-likeness (QED) is 0.704. The zero-order valence-corrected chi connectivity index (χ0v) is 8.31. The molecule has 2 aromatic heterocycles. The molecule has 0 aromatic carbocycles. The largest absolute Gasteiger partial charge is 0.236 e. The predicted molar refractivity (Wildman–Crippen MR) is 56.8 cm³/mol. The van der Waals surface area contributed by atoms with Gasteiger partial charge in [-0.2, -0.15) is 5.11 Å². The number of pyridine rings is 1. The van der Waals surface area contributed by atoms with Crippen LogP contribution in [0.25, 0.3) is 0 Å². The molecular weight excluding hydrogens is 194 g/mol. The van der Waals surface area contributed by atoms with Gasteiger partial charge in [-0.25, -0.2) is 4.98 Å². The number of aromatic nitrogens is 1. The van der Waals surface area contributed by atoms with Crippen LogP contribution in [-0.4, -0.2) is 4.98 Å². The Morgan fingerprint density at radius 2 is 2.21 bits per heavy atom. The van der Waals surface area contributed by atoms with E-state index in [4.69, 9.17) is 0 Å². The summed E-state index contributed by atoms with van der Waals surface area (Å²) in [6.45, 7) is 0.633. The van der Waals surface area contributed by atoms with Gasteiger partial charge in [0.2, 0.25) is 0 Å². The van der Waals surface area contributed by atoms with Crippen molar-refractivity contribution in [3.8, 4) is 0 Å². The molecule has 3 nitrogen and oxygen atoms in total. The minimum Gasteiger partial charge on any atom is -0.236 e. The molecule has 0 amide bonds. The summed E-state index contributed by atoms with van der Waals surface area (Å²) in [6, 6.07) is 9.64. The van der Waals surface area contributed by atoms with E-state index < -0.39 is 0 Å². The van der Waals surface area contributed by atoms with Crippen molar-refractivity contribution in [2.45, 2.75) is 6.54 Å². The molecule has 2 heterocycles. The van der Waals surface area contributed by atoms with Crippen LogP contribution in [0, 0.1) is 0 Å². The lowest BCUT2D eigenvalue weighted by Crippen LogP contribution is -1.72. The van der Waals surface area contributed by atoms with E-state index >= 15 is 0 Å². The van der Waals surface area contributed by atoms with Crippen LogP contribution in [0.1, 0.15) is 4.88 Å². The molecule has 0 spiro atoms. The smallest absolute Gasteiger partial charge is 0.173 e. The Morgan fingerprint density at radius 1 is 1.21 bits per heavy atom. The molecule has 0 aliphatic rings. The minimum absolute atomic E-state index is 0.633. The first-order chi connectivity index (χ1) is 6.95. The topological polar surface area (TPSA) is 37.6 Å². The minimum atomic E-state index is 0.633. The summed E-state index contributed by atoms with van der Waals surface area (Å²) in [5, 5.41) is 10.1. The first-order valence-corrected chi connectivity index (χ1v) is 5.14. The van der Waals surface area contributed by atoms with Crippen LogP contribution < -0.4 is 0 Å². The molecule has 0 saturated heterocycles. The lowest BCUT2D eigenvalue weighted by Gasteiger charge is -1.89. The average Bonchev–Trinajstić information content (AvgIpc) is 2.72. The van der Waals surface area contributed by atoms with E-state index in [1.165, 1.54) is 4.88 Å². The molecule has 70 valence electrons. The van der Waals surface area contributed by atoms with Gasteiger partial charge in [-0.3, -0.25) is 0 Å². The van der Waals surface area contributed by atoms with Gasteiger partial charge in [0, 0.05) is 11.1 Å². The van der Waals surface area contributed by atoms with Crippen LogP contribution in [0.15, 0.2) is 52.1 Å². The van der Waals surface area contributed by atoms with Gasteiger partial charge in [-0.1, -0.05) is 12.1 Å². The fraction of sp³-hybridized carbons (Fsp3) is 0.100. The van der Waals surface area contributed by atoms with Gasteiger partial charge < -0.3 is 0 Å². The number of rotatable bonds is 3. The second-order valence-corrected chi connectivity index (χ2v) is 3.70.